The number of ether oxygens (including phenoxy) is 1. The van der Waals surface area contributed by atoms with Crippen LogP contribution in [0, 0.1) is 5.92 Å². The van der Waals surface area contributed by atoms with E-state index in [4.69, 9.17) is 16.3 Å². The number of nitrogens with one attached hydrogen (secondary N) is 1. The molecule has 0 aromatic heterocycles. The molecule has 2 aliphatic rings. The van der Waals surface area contributed by atoms with Gasteiger partial charge in [0.05, 0.1) is 6.61 Å². The number of anilines is 1. The minimum absolute atomic E-state index is 0.207. The Kier molecular flexibility index (Phi) is 7.29. The molecule has 4 nitrogen and oxygen atoms in total. The van der Waals surface area contributed by atoms with Crippen LogP contribution in [-0.4, -0.2) is 32.1 Å². The molecule has 0 radical (unpaired) electrons. The van der Waals surface area contributed by atoms with Gasteiger partial charge in [0, 0.05) is 29.2 Å². The second kappa shape index (κ2) is 10.3. The summed E-state index contributed by atoms with van der Waals surface area (Å²) in [5, 5.41) is 4.20. The Hall–Kier alpha value is -2.04. The predicted octanol–water partition coefficient (Wildman–Crippen LogP) is 5.68. The summed E-state index contributed by atoms with van der Waals surface area (Å²) < 4.78 is 6.23. The maximum atomic E-state index is 12.4. The van der Waals surface area contributed by atoms with Crippen LogP contribution < -0.4 is 15.0 Å². The summed E-state index contributed by atoms with van der Waals surface area (Å²) in [7, 11) is 0. The highest BCUT2D eigenvalue weighted by Crippen LogP contribution is 2.35. The van der Waals surface area contributed by atoms with Crippen LogP contribution in [0.5, 0.6) is 5.75 Å². The lowest BCUT2D eigenvalue weighted by atomic mass is 9.95. The summed E-state index contributed by atoms with van der Waals surface area (Å²) in [5.41, 5.74) is 3.02. The molecule has 0 saturated carbocycles. The van der Waals surface area contributed by atoms with Gasteiger partial charge in [0.2, 0.25) is 5.91 Å². The Morgan fingerprint density at radius 1 is 1.10 bits per heavy atom. The van der Waals surface area contributed by atoms with E-state index in [9.17, 15) is 4.79 Å². The van der Waals surface area contributed by atoms with E-state index in [0.29, 0.717) is 18.1 Å². The van der Waals surface area contributed by atoms with Crippen molar-refractivity contribution in [3.63, 3.8) is 0 Å². The molecule has 0 bridgehead atoms. The van der Waals surface area contributed by atoms with Crippen LogP contribution in [0.15, 0.2) is 42.5 Å². The number of hydrogen-bond acceptors (Lipinski definition) is 3. The highest BCUT2D eigenvalue weighted by Gasteiger charge is 2.21. The van der Waals surface area contributed by atoms with Gasteiger partial charge >= 0.3 is 0 Å². The molecule has 30 heavy (non-hydrogen) atoms. The summed E-state index contributed by atoms with van der Waals surface area (Å²) in [6, 6.07) is 13.9. The van der Waals surface area contributed by atoms with E-state index in [1.54, 1.807) is 0 Å². The van der Waals surface area contributed by atoms with Crippen molar-refractivity contribution in [1.29, 1.82) is 0 Å². The molecule has 0 aliphatic carbocycles. The Balaban J connectivity index is 1.49. The molecule has 160 valence electrons. The fraction of sp³-hybridized carbons (Fsp3) is 0.480. The SMILES string of the molecule is O=C1CCCCN1c1ccc(OCCCC2CCCNC2)c(-c2ccc(Cl)cc2)c1. The molecule has 1 atom stereocenters. The van der Waals surface area contributed by atoms with Gasteiger partial charge in [-0.05, 0) is 93.4 Å². The molecular weight excluding hydrogens is 396 g/mol. The van der Waals surface area contributed by atoms with Crippen molar-refractivity contribution in [2.24, 2.45) is 5.92 Å². The third-order valence-electron chi connectivity index (χ3n) is 6.17. The standard InChI is InChI=1S/C25H31ClN2O2/c26-21-10-8-20(9-11-21)23-17-22(28-15-2-1-7-25(28)29)12-13-24(23)30-16-4-6-19-5-3-14-27-18-19/h8-13,17,19,27H,1-7,14-16,18H2. The van der Waals surface area contributed by atoms with Crippen molar-refractivity contribution in [2.45, 2.75) is 44.9 Å². The van der Waals surface area contributed by atoms with Gasteiger partial charge < -0.3 is 15.0 Å². The fourth-order valence-electron chi connectivity index (χ4n) is 4.47. The van der Waals surface area contributed by atoms with Crippen molar-refractivity contribution in [1.82, 2.24) is 5.32 Å². The number of carbonyl (C=O) groups is 1. The van der Waals surface area contributed by atoms with Gasteiger partial charge in [-0.2, -0.15) is 0 Å². The van der Waals surface area contributed by atoms with E-state index in [1.807, 2.05) is 41.3 Å². The Morgan fingerprint density at radius 2 is 1.97 bits per heavy atom. The smallest absolute Gasteiger partial charge is 0.226 e. The second-order valence-electron chi connectivity index (χ2n) is 8.39. The van der Waals surface area contributed by atoms with Crippen molar-refractivity contribution >= 4 is 23.2 Å². The van der Waals surface area contributed by atoms with Crippen LogP contribution in [0.25, 0.3) is 11.1 Å². The molecule has 1 unspecified atom stereocenters. The minimum atomic E-state index is 0.207. The number of piperidine rings is 2. The topological polar surface area (TPSA) is 41.6 Å². The van der Waals surface area contributed by atoms with Crippen LogP contribution in [0.2, 0.25) is 5.02 Å². The molecular formula is C25H31ClN2O2. The summed E-state index contributed by atoms with van der Waals surface area (Å²) in [6.45, 7) is 3.78. The van der Waals surface area contributed by atoms with Gasteiger partial charge in [-0.15, -0.1) is 0 Å². The quantitative estimate of drug-likeness (QED) is 0.579. The zero-order chi connectivity index (χ0) is 20.8. The molecule has 4 rings (SSSR count). The van der Waals surface area contributed by atoms with Gasteiger partial charge in [0.25, 0.3) is 0 Å². The summed E-state index contributed by atoms with van der Waals surface area (Å²) in [6.07, 6.45) is 7.52. The fourth-order valence-corrected chi connectivity index (χ4v) is 4.60. The van der Waals surface area contributed by atoms with Gasteiger partial charge in [-0.25, -0.2) is 0 Å². The Bertz CT molecular complexity index is 847. The van der Waals surface area contributed by atoms with Gasteiger partial charge in [-0.3, -0.25) is 4.79 Å². The van der Waals surface area contributed by atoms with Crippen LogP contribution in [0.3, 0.4) is 0 Å². The lowest BCUT2D eigenvalue weighted by molar-refractivity contribution is -0.119. The van der Waals surface area contributed by atoms with Crippen LogP contribution in [0.4, 0.5) is 5.69 Å². The van der Waals surface area contributed by atoms with Crippen molar-refractivity contribution in [3.05, 3.63) is 47.5 Å². The molecule has 0 spiro atoms. The van der Waals surface area contributed by atoms with E-state index < -0.39 is 0 Å². The zero-order valence-electron chi connectivity index (χ0n) is 17.5. The van der Waals surface area contributed by atoms with E-state index in [-0.39, 0.29) is 5.91 Å². The summed E-state index contributed by atoms with van der Waals surface area (Å²) in [5.74, 6) is 1.84. The van der Waals surface area contributed by atoms with E-state index in [2.05, 4.69) is 11.4 Å². The Labute approximate surface area is 184 Å². The summed E-state index contributed by atoms with van der Waals surface area (Å²) >= 11 is 6.10. The number of benzene rings is 2. The molecule has 1 N–H and O–H groups in total. The normalized spacial score (nSPS) is 19.7. The average molecular weight is 427 g/mol. The number of carbonyl (C=O) groups excluding carboxylic acids is 1. The van der Waals surface area contributed by atoms with Crippen LogP contribution in [-0.2, 0) is 4.79 Å². The van der Waals surface area contributed by atoms with E-state index >= 15 is 0 Å². The third-order valence-corrected chi connectivity index (χ3v) is 6.42. The first-order valence-electron chi connectivity index (χ1n) is 11.2. The lowest BCUT2D eigenvalue weighted by Crippen LogP contribution is -2.35. The molecule has 1 amide bonds. The lowest BCUT2D eigenvalue weighted by Gasteiger charge is -2.27. The monoisotopic (exact) mass is 426 g/mol. The van der Waals surface area contributed by atoms with E-state index in [0.717, 1.165) is 67.4 Å². The number of hydrogen-bond donors (Lipinski definition) is 1. The predicted molar refractivity (Wildman–Crippen MR) is 123 cm³/mol. The highest BCUT2D eigenvalue weighted by molar-refractivity contribution is 6.30. The maximum absolute atomic E-state index is 12.4. The largest absolute Gasteiger partial charge is 0.493 e. The first-order valence-corrected chi connectivity index (χ1v) is 11.6. The number of halogens is 1. The van der Waals surface area contributed by atoms with Crippen molar-refractivity contribution in [3.8, 4) is 16.9 Å². The molecule has 2 fully saturated rings. The van der Waals surface area contributed by atoms with Crippen molar-refractivity contribution in [2.75, 3.05) is 31.1 Å². The average Bonchev–Trinajstić information content (AvgIpc) is 2.78. The van der Waals surface area contributed by atoms with Crippen molar-refractivity contribution < 1.29 is 9.53 Å². The molecule has 2 saturated heterocycles. The number of nitrogens with zero attached hydrogens (tertiary/aromatic N) is 1. The van der Waals surface area contributed by atoms with Gasteiger partial charge in [0.15, 0.2) is 0 Å². The minimum Gasteiger partial charge on any atom is -0.493 e. The number of rotatable bonds is 7. The molecule has 2 aromatic rings. The number of amides is 1. The molecule has 2 aromatic carbocycles. The molecule has 5 heteroatoms. The van der Waals surface area contributed by atoms with Gasteiger partial charge in [-0.1, -0.05) is 23.7 Å². The van der Waals surface area contributed by atoms with Crippen LogP contribution in [0.1, 0.15) is 44.9 Å². The highest BCUT2D eigenvalue weighted by atomic mass is 35.5. The second-order valence-corrected chi connectivity index (χ2v) is 8.83. The van der Waals surface area contributed by atoms with Gasteiger partial charge in [0.1, 0.15) is 5.75 Å². The summed E-state index contributed by atoms with van der Waals surface area (Å²) in [4.78, 5) is 14.3. The first kappa shape index (κ1) is 21.2. The van der Waals surface area contributed by atoms with Crippen LogP contribution >= 0.6 is 11.6 Å². The zero-order valence-corrected chi connectivity index (χ0v) is 18.3. The van der Waals surface area contributed by atoms with E-state index in [1.165, 1.54) is 19.3 Å². The molecule has 2 aliphatic heterocycles. The molecule has 2 heterocycles. The maximum Gasteiger partial charge on any atom is 0.226 e. The first-order chi connectivity index (χ1) is 14.7. The Morgan fingerprint density at radius 3 is 2.73 bits per heavy atom. The third kappa shape index (κ3) is 5.35.